The van der Waals surface area contributed by atoms with Crippen LogP contribution in [0.25, 0.3) is 0 Å². The Hall–Kier alpha value is -1.05. The lowest BCUT2D eigenvalue weighted by molar-refractivity contribution is 0.560. The lowest BCUT2D eigenvalue weighted by atomic mass is 10.3. The Labute approximate surface area is 99.9 Å². The average molecular weight is 238 g/mol. The second-order valence-corrected chi connectivity index (χ2v) is 4.86. The topological polar surface area (TPSA) is 35.8 Å². The van der Waals surface area contributed by atoms with E-state index in [1.807, 2.05) is 13.8 Å². The Morgan fingerprint density at radius 3 is 2.50 bits per heavy atom. The highest BCUT2D eigenvalue weighted by atomic mass is 32.2. The van der Waals surface area contributed by atoms with Gasteiger partial charge in [0.05, 0.1) is 6.07 Å². The zero-order valence-electron chi connectivity index (χ0n) is 9.40. The smallest absolute Gasteiger partial charge is 0.123 e. The third kappa shape index (κ3) is 4.65. The number of nitrogens with one attached hydrogen (secondary N) is 1. The molecule has 0 bridgehead atoms. The van der Waals surface area contributed by atoms with Crippen LogP contribution in [0.5, 0.6) is 0 Å². The molecule has 0 heterocycles. The van der Waals surface area contributed by atoms with Gasteiger partial charge < -0.3 is 0 Å². The molecule has 0 aliphatic heterocycles. The maximum absolute atomic E-state index is 12.6. The van der Waals surface area contributed by atoms with Crippen LogP contribution in [0.3, 0.4) is 0 Å². The van der Waals surface area contributed by atoms with Crippen LogP contribution in [0.15, 0.2) is 29.2 Å². The highest BCUT2D eigenvalue weighted by molar-refractivity contribution is 7.99. The first-order chi connectivity index (χ1) is 7.61. The minimum absolute atomic E-state index is 0.171. The normalized spacial score (nSPS) is 12.4. The van der Waals surface area contributed by atoms with Gasteiger partial charge >= 0.3 is 0 Å². The van der Waals surface area contributed by atoms with Crippen LogP contribution in [0.2, 0.25) is 0 Å². The average Bonchev–Trinajstić information content (AvgIpc) is 2.26. The van der Waals surface area contributed by atoms with Gasteiger partial charge in [0, 0.05) is 16.7 Å². The molecule has 16 heavy (non-hydrogen) atoms. The van der Waals surface area contributed by atoms with E-state index in [9.17, 15) is 4.39 Å². The first-order valence-corrected chi connectivity index (χ1v) is 6.14. The molecule has 1 unspecified atom stereocenters. The van der Waals surface area contributed by atoms with Crippen LogP contribution >= 0.6 is 11.8 Å². The monoisotopic (exact) mass is 238 g/mol. The Morgan fingerprint density at radius 2 is 2.00 bits per heavy atom. The fourth-order valence-electron chi connectivity index (χ4n) is 1.24. The Bertz CT molecular complexity index is 356. The van der Waals surface area contributed by atoms with E-state index in [4.69, 9.17) is 5.26 Å². The van der Waals surface area contributed by atoms with E-state index >= 15 is 0 Å². The van der Waals surface area contributed by atoms with Crippen molar-refractivity contribution in [1.29, 1.82) is 5.26 Å². The molecule has 0 aromatic heterocycles. The predicted octanol–water partition coefficient (Wildman–Crippen LogP) is 2.81. The lowest BCUT2D eigenvalue weighted by Crippen LogP contribution is -2.35. The number of hydrogen-bond donors (Lipinski definition) is 1. The molecule has 86 valence electrons. The molecular formula is C12H15FN2S. The summed E-state index contributed by atoms with van der Waals surface area (Å²) in [5.74, 6) is 0.432. The Balaban J connectivity index is 2.44. The van der Waals surface area contributed by atoms with Crippen LogP contribution in [-0.4, -0.2) is 17.8 Å². The van der Waals surface area contributed by atoms with Gasteiger partial charge in [-0.2, -0.15) is 5.26 Å². The van der Waals surface area contributed by atoms with Crippen molar-refractivity contribution in [3.8, 4) is 6.07 Å². The molecule has 0 aliphatic carbocycles. The second kappa shape index (κ2) is 6.51. The maximum Gasteiger partial charge on any atom is 0.123 e. The van der Waals surface area contributed by atoms with Gasteiger partial charge in [-0.05, 0) is 38.1 Å². The van der Waals surface area contributed by atoms with Crippen LogP contribution < -0.4 is 5.32 Å². The van der Waals surface area contributed by atoms with E-state index < -0.39 is 0 Å². The first kappa shape index (κ1) is 13.0. The molecule has 0 spiro atoms. The molecular weight excluding hydrogens is 223 g/mol. The first-order valence-electron chi connectivity index (χ1n) is 5.16. The Kier molecular flexibility index (Phi) is 5.30. The number of halogens is 1. The van der Waals surface area contributed by atoms with Gasteiger partial charge in [0.2, 0.25) is 0 Å². The van der Waals surface area contributed by atoms with Crippen molar-refractivity contribution in [3.63, 3.8) is 0 Å². The summed E-state index contributed by atoms with van der Waals surface area (Å²) < 4.78 is 12.6. The summed E-state index contributed by atoms with van der Waals surface area (Å²) in [4.78, 5) is 0.979. The largest absolute Gasteiger partial charge is 0.299 e. The summed E-state index contributed by atoms with van der Waals surface area (Å²) in [6, 6.07) is 8.64. The standard InChI is InChI=1S/C12H15FN2S/c1-9(2)15-11(7-14)8-16-12-5-3-10(13)4-6-12/h3-6,9,11,15H,8H2,1-2H3. The summed E-state index contributed by atoms with van der Waals surface area (Å²) in [6.45, 7) is 4.01. The number of thioether (sulfide) groups is 1. The van der Waals surface area contributed by atoms with E-state index in [1.54, 1.807) is 23.9 Å². The second-order valence-electron chi connectivity index (χ2n) is 3.77. The van der Waals surface area contributed by atoms with Gasteiger partial charge in [-0.3, -0.25) is 5.32 Å². The summed E-state index contributed by atoms with van der Waals surface area (Å²) in [7, 11) is 0. The molecule has 0 aliphatic rings. The molecule has 0 saturated carbocycles. The van der Waals surface area contributed by atoms with Crippen molar-refractivity contribution in [2.75, 3.05) is 5.75 Å². The van der Waals surface area contributed by atoms with Crippen molar-refractivity contribution >= 4 is 11.8 Å². The van der Waals surface area contributed by atoms with E-state index in [1.165, 1.54) is 12.1 Å². The number of nitrogens with zero attached hydrogens (tertiary/aromatic N) is 1. The minimum Gasteiger partial charge on any atom is -0.299 e. The number of nitriles is 1. The van der Waals surface area contributed by atoms with Crippen molar-refractivity contribution in [3.05, 3.63) is 30.1 Å². The molecule has 0 amide bonds. The molecule has 0 saturated heterocycles. The molecule has 1 rings (SSSR count). The van der Waals surface area contributed by atoms with Gasteiger partial charge in [0.1, 0.15) is 11.9 Å². The molecule has 1 aromatic rings. The molecule has 0 fully saturated rings. The number of benzene rings is 1. The molecule has 1 atom stereocenters. The molecule has 1 aromatic carbocycles. The summed E-state index contributed by atoms with van der Waals surface area (Å²) in [5, 5.41) is 12.1. The highest BCUT2D eigenvalue weighted by Crippen LogP contribution is 2.18. The van der Waals surface area contributed by atoms with Crippen LogP contribution in [0.4, 0.5) is 4.39 Å². The third-order valence-electron chi connectivity index (χ3n) is 1.92. The lowest BCUT2D eigenvalue weighted by Gasteiger charge is -2.13. The molecule has 0 radical (unpaired) electrons. The van der Waals surface area contributed by atoms with Crippen LogP contribution in [0, 0.1) is 17.1 Å². The van der Waals surface area contributed by atoms with E-state index in [0.717, 1.165) is 4.90 Å². The van der Waals surface area contributed by atoms with Gasteiger partial charge in [-0.15, -0.1) is 11.8 Å². The van der Waals surface area contributed by atoms with Gasteiger partial charge in [-0.1, -0.05) is 0 Å². The van der Waals surface area contributed by atoms with Crippen LogP contribution in [-0.2, 0) is 0 Å². The SMILES string of the molecule is CC(C)NC(C#N)CSc1ccc(F)cc1. The third-order valence-corrected chi connectivity index (χ3v) is 3.03. The van der Waals surface area contributed by atoms with Crippen molar-refractivity contribution in [2.24, 2.45) is 0 Å². The zero-order chi connectivity index (χ0) is 12.0. The number of rotatable bonds is 5. The van der Waals surface area contributed by atoms with Crippen molar-refractivity contribution in [2.45, 2.75) is 30.8 Å². The summed E-state index contributed by atoms with van der Waals surface area (Å²) in [6.07, 6.45) is 0. The maximum atomic E-state index is 12.6. The zero-order valence-corrected chi connectivity index (χ0v) is 10.2. The van der Waals surface area contributed by atoms with E-state index in [2.05, 4.69) is 11.4 Å². The van der Waals surface area contributed by atoms with Crippen molar-refractivity contribution in [1.82, 2.24) is 5.32 Å². The van der Waals surface area contributed by atoms with Gasteiger partial charge in [-0.25, -0.2) is 4.39 Å². The predicted molar refractivity (Wildman–Crippen MR) is 64.8 cm³/mol. The minimum atomic E-state index is -0.235. The summed E-state index contributed by atoms with van der Waals surface area (Å²) in [5.41, 5.74) is 0. The molecule has 2 nitrogen and oxygen atoms in total. The van der Waals surface area contributed by atoms with Gasteiger partial charge in [0.25, 0.3) is 0 Å². The quantitative estimate of drug-likeness (QED) is 0.801. The number of hydrogen-bond acceptors (Lipinski definition) is 3. The highest BCUT2D eigenvalue weighted by Gasteiger charge is 2.08. The fraction of sp³-hybridized carbons (Fsp3) is 0.417. The van der Waals surface area contributed by atoms with E-state index in [0.29, 0.717) is 11.8 Å². The summed E-state index contributed by atoms with van der Waals surface area (Å²) >= 11 is 1.55. The van der Waals surface area contributed by atoms with Gasteiger partial charge in [0.15, 0.2) is 0 Å². The Morgan fingerprint density at radius 1 is 1.38 bits per heavy atom. The van der Waals surface area contributed by atoms with E-state index in [-0.39, 0.29) is 11.9 Å². The fourth-order valence-corrected chi connectivity index (χ4v) is 2.09. The molecule has 1 N–H and O–H groups in total. The van der Waals surface area contributed by atoms with Crippen molar-refractivity contribution < 1.29 is 4.39 Å². The van der Waals surface area contributed by atoms with Crippen LogP contribution in [0.1, 0.15) is 13.8 Å². The molecule has 4 heteroatoms.